The monoisotopic (exact) mass is 208 g/mol. The molecule has 15 heavy (non-hydrogen) atoms. The molecule has 1 aromatic rings. The maximum Gasteiger partial charge on any atom is 0.0663 e. The third-order valence-corrected chi connectivity index (χ3v) is 2.36. The van der Waals surface area contributed by atoms with Crippen LogP contribution in [0.1, 0.15) is 32.8 Å². The molecular formula is C12H20N2O. The molecule has 0 radical (unpaired) electrons. The van der Waals surface area contributed by atoms with E-state index in [1.165, 1.54) is 0 Å². The van der Waals surface area contributed by atoms with E-state index in [0.717, 1.165) is 12.0 Å². The third kappa shape index (κ3) is 3.88. The second-order valence-corrected chi connectivity index (χ2v) is 4.85. The van der Waals surface area contributed by atoms with Crippen LogP contribution in [0.4, 0.5) is 5.69 Å². The van der Waals surface area contributed by atoms with E-state index in [-0.39, 0.29) is 0 Å². The number of rotatable bonds is 4. The van der Waals surface area contributed by atoms with E-state index in [9.17, 15) is 5.11 Å². The summed E-state index contributed by atoms with van der Waals surface area (Å²) in [5.74, 6) is 0.470. The van der Waals surface area contributed by atoms with Crippen LogP contribution in [0.2, 0.25) is 0 Å². The van der Waals surface area contributed by atoms with Crippen molar-refractivity contribution in [2.45, 2.75) is 39.2 Å². The van der Waals surface area contributed by atoms with Crippen molar-refractivity contribution >= 4 is 5.69 Å². The summed E-state index contributed by atoms with van der Waals surface area (Å²) in [6.07, 6.45) is 4.71. The molecule has 0 aromatic carbocycles. The zero-order chi connectivity index (χ0) is 11.5. The molecule has 1 unspecified atom stereocenters. The summed E-state index contributed by atoms with van der Waals surface area (Å²) in [4.78, 5) is 4.02. The fourth-order valence-corrected chi connectivity index (χ4v) is 1.95. The molecule has 1 heterocycles. The Morgan fingerprint density at radius 3 is 2.73 bits per heavy atom. The lowest BCUT2D eigenvalue weighted by atomic mass is 9.88. The lowest BCUT2D eigenvalue weighted by molar-refractivity contribution is 0.0389. The number of anilines is 1. The van der Waals surface area contributed by atoms with Crippen LogP contribution in [0.3, 0.4) is 0 Å². The van der Waals surface area contributed by atoms with E-state index in [4.69, 9.17) is 5.73 Å². The Morgan fingerprint density at radius 1 is 1.53 bits per heavy atom. The van der Waals surface area contributed by atoms with Crippen molar-refractivity contribution in [2.24, 2.45) is 5.92 Å². The highest BCUT2D eigenvalue weighted by atomic mass is 16.3. The van der Waals surface area contributed by atoms with Gasteiger partial charge in [-0.15, -0.1) is 0 Å². The van der Waals surface area contributed by atoms with Gasteiger partial charge in [-0.2, -0.15) is 0 Å². The number of nitrogens with zero attached hydrogens (tertiary/aromatic N) is 1. The van der Waals surface area contributed by atoms with Gasteiger partial charge in [0, 0.05) is 24.5 Å². The molecule has 1 aromatic heterocycles. The summed E-state index contributed by atoms with van der Waals surface area (Å²) in [5.41, 5.74) is 6.73. The molecule has 3 nitrogen and oxygen atoms in total. The molecule has 0 aliphatic heterocycles. The standard InChI is InChI=1S/C12H20N2O/c1-9(2)6-12(3,15)7-10-8-14-5-4-11(10)13/h4-5,8-9,15H,6-7H2,1-3H3,(H2,13,14). The van der Waals surface area contributed by atoms with Crippen LogP contribution in [-0.4, -0.2) is 15.7 Å². The summed E-state index contributed by atoms with van der Waals surface area (Å²) in [5, 5.41) is 10.2. The number of aliphatic hydroxyl groups is 1. The van der Waals surface area contributed by atoms with Crippen LogP contribution in [0.5, 0.6) is 0 Å². The number of nitrogen functional groups attached to an aromatic ring is 1. The lowest BCUT2D eigenvalue weighted by Crippen LogP contribution is -2.29. The van der Waals surface area contributed by atoms with Crippen LogP contribution in [-0.2, 0) is 6.42 Å². The van der Waals surface area contributed by atoms with Gasteiger partial charge in [0.2, 0.25) is 0 Å². The van der Waals surface area contributed by atoms with Gasteiger partial charge in [-0.05, 0) is 30.9 Å². The number of pyridine rings is 1. The molecule has 0 aliphatic carbocycles. The van der Waals surface area contributed by atoms with Crippen LogP contribution < -0.4 is 5.73 Å². The predicted molar refractivity (Wildman–Crippen MR) is 62.4 cm³/mol. The van der Waals surface area contributed by atoms with E-state index in [0.29, 0.717) is 18.0 Å². The fourth-order valence-electron chi connectivity index (χ4n) is 1.95. The smallest absolute Gasteiger partial charge is 0.0663 e. The van der Waals surface area contributed by atoms with Crippen molar-refractivity contribution in [1.82, 2.24) is 4.98 Å². The van der Waals surface area contributed by atoms with Gasteiger partial charge in [0.15, 0.2) is 0 Å². The molecule has 84 valence electrons. The van der Waals surface area contributed by atoms with Crippen molar-refractivity contribution < 1.29 is 5.11 Å². The third-order valence-electron chi connectivity index (χ3n) is 2.36. The van der Waals surface area contributed by atoms with Crippen LogP contribution in [0.25, 0.3) is 0 Å². The van der Waals surface area contributed by atoms with E-state index >= 15 is 0 Å². The molecule has 3 heteroatoms. The Hall–Kier alpha value is -1.09. The summed E-state index contributed by atoms with van der Waals surface area (Å²) in [6, 6.07) is 1.76. The second kappa shape index (κ2) is 4.62. The lowest BCUT2D eigenvalue weighted by Gasteiger charge is -2.25. The van der Waals surface area contributed by atoms with Gasteiger partial charge in [-0.3, -0.25) is 4.98 Å². The van der Waals surface area contributed by atoms with Crippen molar-refractivity contribution in [2.75, 3.05) is 5.73 Å². The molecule has 0 aliphatic rings. The van der Waals surface area contributed by atoms with Gasteiger partial charge in [0.25, 0.3) is 0 Å². The van der Waals surface area contributed by atoms with Gasteiger partial charge in [0.05, 0.1) is 5.60 Å². The fraction of sp³-hybridized carbons (Fsp3) is 0.583. The molecule has 0 amide bonds. The zero-order valence-corrected chi connectivity index (χ0v) is 9.70. The Bertz CT molecular complexity index is 321. The minimum absolute atomic E-state index is 0.470. The summed E-state index contributed by atoms with van der Waals surface area (Å²) < 4.78 is 0. The van der Waals surface area contributed by atoms with E-state index in [1.807, 2.05) is 6.92 Å². The highest BCUT2D eigenvalue weighted by molar-refractivity contribution is 5.44. The Morgan fingerprint density at radius 2 is 2.20 bits per heavy atom. The van der Waals surface area contributed by atoms with Crippen molar-refractivity contribution in [1.29, 1.82) is 0 Å². The first-order valence-electron chi connectivity index (χ1n) is 5.31. The topological polar surface area (TPSA) is 59.1 Å². The highest BCUT2D eigenvalue weighted by Gasteiger charge is 2.23. The van der Waals surface area contributed by atoms with Gasteiger partial charge in [0.1, 0.15) is 0 Å². The molecule has 3 N–H and O–H groups in total. The van der Waals surface area contributed by atoms with Crippen molar-refractivity contribution in [3.63, 3.8) is 0 Å². The molecule has 0 fully saturated rings. The highest BCUT2D eigenvalue weighted by Crippen LogP contribution is 2.23. The summed E-state index contributed by atoms with van der Waals surface area (Å²) in [7, 11) is 0. The first kappa shape index (κ1) is 12.0. The molecule has 1 atom stereocenters. The normalized spacial score (nSPS) is 15.3. The van der Waals surface area contributed by atoms with Crippen LogP contribution in [0.15, 0.2) is 18.5 Å². The molecule has 1 rings (SSSR count). The molecule has 0 saturated carbocycles. The minimum atomic E-state index is -0.703. The average molecular weight is 208 g/mol. The Balaban J connectivity index is 2.73. The number of nitrogens with two attached hydrogens (primary N) is 1. The molecular weight excluding hydrogens is 188 g/mol. The Kier molecular flexibility index (Phi) is 3.69. The largest absolute Gasteiger partial charge is 0.398 e. The zero-order valence-electron chi connectivity index (χ0n) is 9.70. The maximum absolute atomic E-state index is 10.2. The van der Waals surface area contributed by atoms with Gasteiger partial charge < -0.3 is 10.8 Å². The van der Waals surface area contributed by atoms with Crippen molar-refractivity contribution in [3.8, 4) is 0 Å². The van der Waals surface area contributed by atoms with Crippen LogP contribution >= 0.6 is 0 Å². The molecule has 0 spiro atoms. The van der Waals surface area contributed by atoms with E-state index < -0.39 is 5.60 Å². The first-order valence-corrected chi connectivity index (χ1v) is 5.31. The summed E-state index contributed by atoms with van der Waals surface area (Å²) >= 11 is 0. The van der Waals surface area contributed by atoms with Crippen molar-refractivity contribution in [3.05, 3.63) is 24.0 Å². The number of hydrogen-bond donors (Lipinski definition) is 2. The van der Waals surface area contributed by atoms with Gasteiger partial charge >= 0.3 is 0 Å². The Labute approximate surface area is 91.3 Å². The van der Waals surface area contributed by atoms with Gasteiger partial charge in [-0.25, -0.2) is 0 Å². The SMILES string of the molecule is CC(C)CC(C)(O)Cc1cnccc1N. The quantitative estimate of drug-likeness (QED) is 0.795. The average Bonchev–Trinajstić information content (AvgIpc) is 2.06. The van der Waals surface area contributed by atoms with Gasteiger partial charge in [-0.1, -0.05) is 13.8 Å². The van der Waals surface area contributed by atoms with E-state index in [1.54, 1.807) is 18.5 Å². The minimum Gasteiger partial charge on any atom is -0.398 e. The molecule has 0 saturated heterocycles. The number of hydrogen-bond acceptors (Lipinski definition) is 3. The first-order chi connectivity index (χ1) is 6.91. The van der Waals surface area contributed by atoms with E-state index in [2.05, 4.69) is 18.8 Å². The second-order valence-electron chi connectivity index (χ2n) is 4.85. The van der Waals surface area contributed by atoms with Crippen LogP contribution in [0, 0.1) is 5.92 Å². The number of aromatic nitrogens is 1. The molecule has 0 bridgehead atoms. The summed E-state index contributed by atoms with van der Waals surface area (Å²) in [6.45, 7) is 6.04. The predicted octanol–water partition coefficient (Wildman–Crippen LogP) is 2.00. The maximum atomic E-state index is 10.2.